The van der Waals surface area contributed by atoms with Crippen LogP contribution in [0.25, 0.3) is 11.0 Å². The van der Waals surface area contributed by atoms with Crippen molar-refractivity contribution in [3.8, 4) is 0 Å². The van der Waals surface area contributed by atoms with Gasteiger partial charge in [0, 0.05) is 13.0 Å². The number of amides is 1. The van der Waals surface area contributed by atoms with Gasteiger partial charge in [-0.15, -0.1) is 0 Å². The van der Waals surface area contributed by atoms with E-state index < -0.39 is 0 Å². The van der Waals surface area contributed by atoms with E-state index in [1.807, 2.05) is 36.1 Å². The summed E-state index contributed by atoms with van der Waals surface area (Å²) in [5.74, 6) is 0.670. The van der Waals surface area contributed by atoms with Crippen LogP contribution in [0, 0.1) is 12.8 Å². The van der Waals surface area contributed by atoms with Gasteiger partial charge in [0.1, 0.15) is 0 Å². The fraction of sp³-hybridized carbons (Fsp3) is 0.400. The number of hydrogen-bond acceptors (Lipinski definition) is 3. The molecule has 1 unspecified atom stereocenters. The van der Waals surface area contributed by atoms with E-state index in [4.69, 9.17) is 0 Å². The first-order chi connectivity index (χ1) is 9.13. The van der Waals surface area contributed by atoms with Crippen molar-refractivity contribution in [2.45, 2.75) is 26.8 Å². The number of carbonyl (C=O) groups is 1. The number of benzene rings is 1. The van der Waals surface area contributed by atoms with Crippen LogP contribution in [0.2, 0.25) is 0 Å². The zero-order valence-corrected chi connectivity index (χ0v) is 11.3. The van der Waals surface area contributed by atoms with E-state index >= 15 is 0 Å². The number of fused-ring (bicyclic) bond motifs is 1. The number of aromatic nitrogens is 2. The monoisotopic (exact) mass is 255 g/mol. The molecule has 4 nitrogen and oxygen atoms in total. The summed E-state index contributed by atoms with van der Waals surface area (Å²) in [7, 11) is 0. The van der Waals surface area contributed by atoms with Crippen molar-refractivity contribution in [1.29, 1.82) is 0 Å². The number of aryl methyl sites for hydroxylation is 1. The molecule has 1 fully saturated rings. The zero-order chi connectivity index (χ0) is 13.4. The van der Waals surface area contributed by atoms with Crippen LogP contribution in [0.3, 0.4) is 0 Å². The molecule has 1 atom stereocenters. The van der Waals surface area contributed by atoms with Crippen LogP contribution in [-0.2, 0) is 11.3 Å². The molecule has 2 aromatic rings. The third-order valence-electron chi connectivity index (χ3n) is 3.59. The van der Waals surface area contributed by atoms with E-state index in [9.17, 15) is 4.79 Å². The molecule has 1 saturated heterocycles. The Kier molecular flexibility index (Phi) is 2.93. The van der Waals surface area contributed by atoms with Gasteiger partial charge in [-0.2, -0.15) is 0 Å². The Labute approximate surface area is 112 Å². The summed E-state index contributed by atoms with van der Waals surface area (Å²) in [6.45, 7) is 5.47. The first-order valence-electron chi connectivity index (χ1n) is 6.63. The van der Waals surface area contributed by atoms with Gasteiger partial charge < -0.3 is 4.90 Å². The molecule has 1 aliphatic rings. The lowest BCUT2D eigenvalue weighted by Crippen LogP contribution is -2.25. The summed E-state index contributed by atoms with van der Waals surface area (Å²) in [5.41, 5.74) is 3.61. The maximum Gasteiger partial charge on any atom is 0.223 e. The van der Waals surface area contributed by atoms with Gasteiger partial charge in [0.2, 0.25) is 5.91 Å². The predicted octanol–water partition coefficient (Wildman–Crippen LogP) is 2.31. The SMILES string of the molecule is Cc1nc2ccccc2nc1CN1CC(C)CC1=O. The Bertz CT molecular complexity index is 638. The molecule has 1 aromatic heterocycles. The summed E-state index contributed by atoms with van der Waals surface area (Å²) in [5, 5.41) is 0. The Balaban J connectivity index is 1.92. The number of likely N-dealkylation sites (tertiary alicyclic amines) is 1. The minimum atomic E-state index is 0.224. The van der Waals surface area contributed by atoms with Gasteiger partial charge in [0.15, 0.2) is 0 Å². The third kappa shape index (κ3) is 2.30. The van der Waals surface area contributed by atoms with Crippen molar-refractivity contribution < 1.29 is 4.79 Å². The molecular formula is C15H17N3O. The van der Waals surface area contributed by atoms with Crippen molar-refractivity contribution in [2.75, 3.05) is 6.54 Å². The molecule has 0 bridgehead atoms. The van der Waals surface area contributed by atoms with Gasteiger partial charge in [-0.05, 0) is 25.0 Å². The van der Waals surface area contributed by atoms with Crippen LogP contribution in [0.4, 0.5) is 0 Å². The zero-order valence-electron chi connectivity index (χ0n) is 11.3. The number of rotatable bonds is 2. The lowest BCUT2D eigenvalue weighted by Gasteiger charge is -2.16. The standard InChI is InChI=1S/C15H17N3O/c1-10-7-15(19)18(8-10)9-14-11(2)16-12-5-3-4-6-13(12)17-14/h3-6,10H,7-9H2,1-2H3. The van der Waals surface area contributed by atoms with Crippen LogP contribution in [0.1, 0.15) is 24.7 Å². The second-order valence-electron chi connectivity index (χ2n) is 5.33. The normalized spacial score (nSPS) is 19.4. The van der Waals surface area contributed by atoms with Crippen molar-refractivity contribution in [3.63, 3.8) is 0 Å². The fourth-order valence-electron chi connectivity index (χ4n) is 2.58. The maximum atomic E-state index is 11.8. The summed E-state index contributed by atoms with van der Waals surface area (Å²) < 4.78 is 0. The second kappa shape index (κ2) is 4.61. The minimum Gasteiger partial charge on any atom is -0.336 e. The van der Waals surface area contributed by atoms with Crippen molar-refractivity contribution in [3.05, 3.63) is 35.7 Å². The molecule has 0 spiro atoms. The Morgan fingerprint density at radius 1 is 1.26 bits per heavy atom. The highest BCUT2D eigenvalue weighted by Gasteiger charge is 2.27. The molecule has 3 rings (SSSR count). The van der Waals surface area contributed by atoms with Gasteiger partial charge in [0.05, 0.1) is 29.0 Å². The van der Waals surface area contributed by atoms with Gasteiger partial charge in [-0.25, -0.2) is 9.97 Å². The van der Waals surface area contributed by atoms with E-state index in [-0.39, 0.29) is 5.91 Å². The van der Waals surface area contributed by atoms with Crippen LogP contribution in [0.5, 0.6) is 0 Å². The highest BCUT2D eigenvalue weighted by Crippen LogP contribution is 2.20. The number of nitrogens with zero attached hydrogens (tertiary/aromatic N) is 3. The van der Waals surface area contributed by atoms with Gasteiger partial charge in [-0.1, -0.05) is 19.1 Å². The Hall–Kier alpha value is -1.97. The van der Waals surface area contributed by atoms with E-state index in [1.165, 1.54) is 0 Å². The molecule has 0 radical (unpaired) electrons. The summed E-state index contributed by atoms with van der Waals surface area (Å²) in [6.07, 6.45) is 0.653. The van der Waals surface area contributed by atoms with Crippen LogP contribution in [-0.4, -0.2) is 27.3 Å². The average molecular weight is 255 g/mol. The second-order valence-corrected chi connectivity index (χ2v) is 5.33. The molecule has 4 heteroatoms. The van der Waals surface area contributed by atoms with Crippen molar-refractivity contribution in [1.82, 2.24) is 14.9 Å². The average Bonchev–Trinajstić information content (AvgIpc) is 2.69. The Morgan fingerprint density at radius 3 is 2.58 bits per heavy atom. The Morgan fingerprint density at radius 2 is 1.95 bits per heavy atom. The van der Waals surface area contributed by atoms with Crippen LogP contribution < -0.4 is 0 Å². The lowest BCUT2D eigenvalue weighted by molar-refractivity contribution is -0.128. The number of hydrogen-bond donors (Lipinski definition) is 0. The first kappa shape index (κ1) is 12.1. The maximum absolute atomic E-state index is 11.8. The van der Waals surface area contributed by atoms with Crippen LogP contribution in [0.15, 0.2) is 24.3 Å². The number of para-hydroxylation sites is 2. The molecule has 1 aromatic carbocycles. The number of carbonyl (C=O) groups excluding carboxylic acids is 1. The largest absolute Gasteiger partial charge is 0.336 e. The summed E-state index contributed by atoms with van der Waals surface area (Å²) >= 11 is 0. The fourth-order valence-corrected chi connectivity index (χ4v) is 2.58. The van der Waals surface area contributed by atoms with E-state index in [1.54, 1.807) is 0 Å². The molecule has 0 N–H and O–H groups in total. The van der Waals surface area contributed by atoms with E-state index in [0.29, 0.717) is 18.9 Å². The molecular weight excluding hydrogens is 238 g/mol. The van der Waals surface area contributed by atoms with Gasteiger partial charge in [0.25, 0.3) is 0 Å². The summed E-state index contributed by atoms with van der Waals surface area (Å²) in [4.78, 5) is 22.9. The molecule has 2 heterocycles. The topological polar surface area (TPSA) is 46.1 Å². The van der Waals surface area contributed by atoms with Gasteiger partial charge >= 0.3 is 0 Å². The first-order valence-corrected chi connectivity index (χ1v) is 6.63. The smallest absolute Gasteiger partial charge is 0.223 e. The quantitative estimate of drug-likeness (QED) is 0.827. The third-order valence-corrected chi connectivity index (χ3v) is 3.59. The lowest BCUT2D eigenvalue weighted by atomic mass is 10.2. The highest BCUT2D eigenvalue weighted by atomic mass is 16.2. The molecule has 0 saturated carbocycles. The molecule has 98 valence electrons. The van der Waals surface area contributed by atoms with Crippen LogP contribution >= 0.6 is 0 Å². The van der Waals surface area contributed by atoms with E-state index in [2.05, 4.69) is 16.9 Å². The highest BCUT2D eigenvalue weighted by molar-refractivity contribution is 5.78. The molecule has 1 amide bonds. The molecule has 1 aliphatic heterocycles. The minimum absolute atomic E-state index is 0.224. The predicted molar refractivity (Wildman–Crippen MR) is 73.5 cm³/mol. The van der Waals surface area contributed by atoms with Crippen molar-refractivity contribution in [2.24, 2.45) is 5.92 Å². The van der Waals surface area contributed by atoms with Crippen molar-refractivity contribution >= 4 is 16.9 Å². The van der Waals surface area contributed by atoms with E-state index in [0.717, 1.165) is 29.0 Å². The molecule has 19 heavy (non-hydrogen) atoms. The van der Waals surface area contributed by atoms with Gasteiger partial charge in [-0.3, -0.25) is 4.79 Å². The molecule has 0 aliphatic carbocycles. The summed E-state index contributed by atoms with van der Waals surface area (Å²) in [6, 6.07) is 7.84.